The van der Waals surface area contributed by atoms with Crippen LogP contribution in [0.1, 0.15) is 29.6 Å². The van der Waals surface area contributed by atoms with Crippen molar-refractivity contribution in [2.75, 3.05) is 18.4 Å². The molecule has 5 heteroatoms. The zero-order valence-corrected chi connectivity index (χ0v) is 12.2. The number of carboxylic acid groups (broad SMARTS) is 1. The number of rotatable bonds is 3. The Bertz CT molecular complexity index is 506. The zero-order valence-electron chi connectivity index (χ0n) is 10.6. The van der Waals surface area contributed by atoms with Crippen LogP contribution in [0, 0.1) is 0 Å². The first-order valence-electron chi connectivity index (χ1n) is 6.68. The number of benzene rings is 1. The lowest BCUT2D eigenvalue weighted by molar-refractivity contribution is 0.0698. The van der Waals surface area contributed by atoms with Crippen molar-refractivity contribution in [2.24, 2.45) is 0 Å². The third kappa shape index (κ3) is 2.49. The Morgan fingerprint density at radius 3 is 3.00 bits per heavy atom. The number of nitrogens with zero attached hydrogens (tertiary/aromatic N) is 1. The van der Waals surface area contributed by atoms with Gasteiger partial charge in [-0.2, -0.15) is 0 Å². The van der Waals surface area contributed by atoms with Gasteiger partial charge in [0.1, 0.15) is 0 Å². The molecule has 1 aromatic rings. The van der Waals surface area contributed by atoms with Crippen LogP contribution in [0.2, 0.25) is 0 Å². The number of fused-ring (bicyclic) bond motifs is 1. The van der Waals surface area contributed by atoms with Crippen LogP contribution in [-0.2, 0) is 0 Å². The topological polar surface area (TPSA) is 52.6 Å². The average molecular weight is 325 g/mol. The first-order chi connectivity index (χ1) is 9.15. The van der Waals surface area contributed by atoms with Crippen LogP contribution >= 0.6 is 15.9 Å². The Morgan fingerprint density at radius 1 is 1.37 bits per heavy atom. The van der Waals surface area contributed by atoms with E-state index in [0.29, 0.717) is 17.6 Å². The van der Waals surface area contributed by atoms with Gasteiger partial charge in [0.2, 0.25) is 0 Å². The van der Waals surface area contributed by atoms with E-state index in [0.717, 1.165) is 23.1 Å². The molecule has 4 nitrogen and oxygen atoms in total. The molecule has 2 heterocycles. The van der Waals surface area contributed by atoms with Gasteiger partial charge in [-0.1, -0.05) is 15.9 Å². The molecule has 102 valence electrons. The van der Waals surface area contributed by atoms with E-state index >= 15 is 0 Å². The minimum absolute atomic E-state index is 0.339. The maximum Gasteiger partial charge on any atom is 0.337 e. The fourth-order valence-corrected chi connectivity index (χ4v) is 3.63. The zero-order chi connectivity index (χ0) is 13.4. The standard InChI is InChI=1S/C14H17BrN2O2/c15-9-3-4-11(10(8-9)14(18)19)16-12-5-7-17-6-1-2-13(12)17/h3-4,8,12-13,16H,1-2,5-7H2,(H,18,19). The van der Waals surface area contributed by atoms with E-state index in [1.54, 1.807) is 6.07 Å². The molecule has 1 aromatic carbocycles. The monoisotopic (exact) mass is 324 g/mol. The lowest BCUT2D eigenvalue weighted by Crippen LogP contribution is -2.34. The van der Waals surface area contributed by atoms with Gasteiger partial charge in [0.15, 0.2) is 0 Å². The van der Waals surface area contributed by atoms with Gasteiger partial charge in [0.05, 0.1) is 5.56 Å². The molecule has 0 bridgehead atoms. The van der Waals surface area contributed by atoms with Crippen LogP contribution < -0.4 is 5.32 Å². The van der Waals surface area contributed by atoms with Gasteiger partial charge >= 0.3 is 5.97 Å². The molecular weight excluding hydrogens is 308 g/mol. The minimum atomic E-state index is -0.884. The van der Waals surface area contributed by atoms with E-state index in [2.05, 4.69) is 26.1 Å². The van der Waals surface area contributed by atoms with Crippen molar-refractivity contribution in [3.63, 3.8) is 0 Å². The SMILES string of the molecule is O=C(O)c1cc(Br)ccc1NC1CCN2CCCC12. The molecule has 19 heavy (non-hydrogen) atoms. The van der Waals surface area contributed by atoms with Crippen molar-refractivity contribution in [3.05, 3.63) is 28.2 Å². The predicted molar refractivity (Wildman–Crippen MR) is 77.7 cm³/mol. The van der Waals surface area contributed by atoms with Crippen molar-refractivity contribution >= 4 is 27.6 Å². The number of anilines is 1. The summed E-state index contributed by atoms with van der Waals surface area (Å²) in [5.41, 5.74) is 1.07. The molecule has 2 fully saturated rings. The van der Waals surface area contributed by atoms with E-state index < -0.39 is 5.97 Å². The van der Waals surface area contributed by atoms with E-state index in [-0.39, 0.29) is 0 Å². The molecule has 2 aliphatic rings. The molecule has 2 atom stereocenters. The Balaban J connectivity index is 1.81. The summed E-state index contributed by atoms with van der Waals surface area (Å²) in [6.45, 7) is 2.32. The van der Waals surface area contributed by atoms with Crippen LogP contribution in [0.5, 0.6) is 0 Å². The summed E-state index contributed by atoms with van der Waals surface area (Å²) < 4.78 is 0.796. The molecular formula is C14H17BrN2O2. The number of aromatic carboxylic acids is 1. The third-order valence-corrected chi connectivity index (χ3v) is 4.65. The molecule has 0 aromatic heterocycles. The summed E-state index contributed by atoms with van der Waals surface area (Å²) in [7, 11) is 0. The summed E-state index contributed by atoms with van der Waals surface area (Å²) in [6.07, 6.45) is 3.57. The summed E-state index contributed by atoms with van der Waals surface area (Å²) in [4.78, 5) is 13.8. The average Bonchev–Trinajstić information content (AvgIpc) is 2.96. The van der Waals surface area contributed by atoms with E-state index in [1.807, 2.05) is 12.1 Å². The molecule has 3 rings (SSSR count). The van der Waals surface area contributed by atoms with Gasteiger partial charge in [-0.3, -0.25) is 4.90 Å². The molecule has 2 saturated heterocycles. The molecule has 2 N–H and O–H groups in total. The molecule has 0 radical (unpaired) electrons. The third-order valence-electron chi connectivity index (χ3n) is 4.16. The number of nitrogens with one attached hydrogen (secondary N) is 1. The minimum Gasteiger partial charge on any atom is -0.478 e. The lowest BCUT2D eigenvalue weighted by Gasteiger charge is -2.23. The Morgan fingerprint density at radius 2 is 2.21 bits per heavy atom. The van der Waals surface area contributed by atoms with Crippen molar-refractivity contribution in [3.8, 4) is 0 Å². The highest BCUT2D eigenvalue weighted by Crippen LogP contribution is 2.31. The normalized spacial score (nSPS) is 26.4. The second kappa shape index (κ2) is 5.13. The highest BCUT2D eigenvalue weighted by Gasteiger charge is 2.37. The van der Waals surface area contributed by atoms with Gasteiger partial charge in [0, 0.05) is 28.8 Å². The highest BCUT2D eigenvalue weighted by atomic mass is 79.9. The van der Waals surface area contributed by atoms with E-state index in [9.17, 15) is 9.90 Å². The first kappa shape index (κ1) is 12.9. The molecule has 2 unspecified atom stereocenters. The number of hydrogen-bond donors (Lipinski definition) is 2. The van der Waals surface area contributed by atoms with Crippen LogP contribution in [-0.4, -0.2) is 41.1 Å². The molecule has 2 aliphatic heterocycles. The van der Waals surface area contributed by atoms with Crippen LogP contribution in [0.3, 0.4) is 0 Å². The van der Waals surface area contributed by atoms with Crippen molar-refractivity contribution < 1.29 is 9.90 Å². The van der Waals surface area contributed by atoms with Crippen molar-refractivity contribution in [1.82, 2.24) is 4.90 Å². The fourth-order valence-electron chi connectivity index (χ4n) is 3.27. The first-order valence-corrected chi connectivity index (χ1v) is 7.48. The Hall–Kier alpha value is -1.07. The largest absolute Gasteiger partial charge is 0.478 e. The Labute approximate surface area is 120 Å². The Kier molecular flexibility index (Phi) is 3.50. The maximum absolute atomic E-state index is 11.3. The van der Waals surface area contributed by atoms with Gasteiger partial charge in [-0.25, -0.2) is 4.79 Å². The summed E-state index contributed by atoms with van der Waals surface area (Å²) in [6, 6.07) is 6.35. The van der Waals surface area contributed by atoms with Gasteiger partial charge in [0.25, 0.3) is 0 Å². The van der Waals surface area contributed by atoms with Gasteiger partial charge in [-0.05, 0) is 44.0 Å². The van der Waals surface area contributed by atoms with Gasteiger partial charge < -0.3 is 10.4 Å². The van der Waals surface area contributed by atoms with Crippen LogP contribution in [0.25, 0.3) is 0 Å². The highest BCUT2D eigenvalue weighted by molar-refractivity contribution is 9.10. The number of carboxylic acids is 1. The summed E-state index contributed by atoms with van der Waals surface area (Å²) >= 11 is 3.32. The number of halogens is 1. The second-order valence-corrected chi connectivity index (χ2v) is 6.20. The maximum atomic E-state index is 11.3. The molecule has 0 saturated carbocycles. The molecule has 0 aliphatic carbocycles. The van der Waals surface area contributed by atoms with E-state index in [4.69, 9.17) is 0 Å². The molecule has 0 spiro atoms. The quantitative estimate of drug-likeness (QED) is 0.897. The van der Waals surface area contributed by atoms with Crippen molar-refractivity contribution in [2.45, 2.75) is 31.3 Å². The number of hydrogen-bond acceptors (Lipinski definition) is 3. The lowest BCUT2D eigenvalue weighted by atomic mass is 10.1. The molecule has 0 amide bonds. The van der Waals surface area contributed by atoms with Gasteiger partial charge in [-0.15, -0.1) is 0 Å². The number of carbonyl (C=O) groups is 1. The fraction of sp³-hybridized carbons (Fsp3) is 0.500. The summed E-state index contributed by atoms with van der Waals surface area (Å²) in [5, 5.41) is 12.7. The van der Waals surface area contributed by atoms with Crippen LogP contribution in [0.15, 0.2) is 22.7 Å². The summed E-state index contributed by atoms with van der Waals surface area (Å²) in [5.74, 6) is -0.884. The smallest absolute Gasteiger partial charge is 0.337 e. The van der Waals surface area contributed by atoms with E-state index in [1.165, 1.54) is 19.4 Å². The second-order valence-electron chi connectivity index (χ2n) is 5.28. The van der Waals surface area contributed by atoms with Crippen molar-refractivity contribution in [1.29, 1.82) is 0 Å². The van der Waals surface area contributed by atoms with Crippen LogP contribution in [0.4, 0.5) is 5.69 Å². The predicted octanol–water partition coefficient (Wildman–Crippen LogP) is 2.80.